The Labute approximate surface area is 198 Å². The Hall–Kier alpha value is -0.610. The molecule has 2 aliphatic carbocycles. The van der Waals surface area contributed by atoms with E-state index in [1.54, 1.807) is 18.2 Å². The third kappa shape index (κ3) is 7.54. The van der Waals surface area contributed by atoms with Crippen LogP contribution < -0.4 is 45.4 Å². The second-order valence-corrected chi connectivity index (χ2v) is 8.29. The van der Waals surface area contributed by atoms with Gasteiger partial charge in [-0.25, -0.2) is 0 Å². The Morgan fingerprint density at radius 2 is 1.45 bits per heavy atom. The van der Waals surface area contributed by atoms with E-state index in [1.807, 2.05) is 0 Å². The van der Waals surface area contributed by atoms with Gasteiger partial charge in [-0.1, -0.05) is 38.5 Å². The number of carbonyl (C=O) groups is 2. The number of rotatable bonds is 7. The van der Waals surface area contributed by atoms with Gasteiger partial charge in [0.25, 0.3) is 11.8 Å². The van der Waals surface area contributed by atoms with Crippen molar-refractivity contribution in [3.63, 3.8) is 0 Å². The van der Waals surface area contributed by atoms with Gasteiger partial charge < -0.3 is 15.9 Å². The Balaban J connectivity index is 0.00000300. The van der Waals surface area contributed by atoms with Crippen LogP contribution in [-0.4, -0.2) is 23.9 Å². The van der Waals surface area contributed by atoms with Gasteiger partial charge in [-0.3, -0.25) is 14.6 Å². The van der Waals surface area contributed by atoms with Gasteiger partial charge >= 0.3 is 29.6 Å². The zero-order chi connectivity index (χ0) is 19.8. The maximum absolute atomic E-state index is 12.7. The molecule has 3 rings (SSSR count). The molecule has 2 aliphatic rings. The molecule has 0 aliphatic heterocycles. The molecule has 2 N–H and O–H groups in total. The van der Waals surface area contributed by atoms with E-state index in [2.05, 4.69) is 20.0 Å². The molecule has 29 heavy (non-hydrogen) atoms. The summed E-state index contributed by atoms with van der Waals surface area (Å²) in [4.78, 5) is 25.7. The number of amides is 2. The molecule has 0 heterocycles. The average molecular weight is 431 g/mol. The summed E-state index contributed by atoms with van der Waals surface area (Å²) < 4.78 is 4.43. The zero-order valence-corrected chi connectivity index (χ0v) is 19.7. The Morgan fingerprint density at radius 3 is 2.00 bits per heavy atom. The van der Waals surface area contributed by atoms with Crippen molar-refractivity contribution in [1.29, 1.82) is 0 Å². The van der Waals surface area contributed by atoms with Crippen LogP contribution >= 0.6 is 12.0 Å². The molecule has 0 saturated heterocycles. The van der Waals surface area contributed by atoms with Crippen molar-refractivity contribution in [3.8, 4) is 0 Å². The van der Waals surface area contributed by atoms with Crippen molar-refractivity contribution in [2.24, 2.45) is 0 Å². The fraction of sp³-hybridized carbons (Fsp3) is 0.600. The van der Waals surface area contributed by atoms with E-state index in [0.717, 1.165) is 51.4 Å². The zero-order valence-electron chi connectivity index (χ0n) is 16.9. The van der Waals surface area contributed by atoms with Gasteiger partial charge in [-0.2, -0.15) is 4.33 Å². The molecule has 0 radical (unpaired) electrons. The molecule has 0 aromatic heterocycles. The first kappa shape index (κ1) is 24.7. The molecular formula is C20H27N2NaO5S. The summed E-state index contributed by atoms with van der Waals surface area (Å²) in [6, 6.07) is 5.15. The molecule has 2 saturated carbocycles. The van der Waals surface area contributed by atoms with E-state index in [0.29, 0.717) is 28.1 Å². The first-order valence-corrected chi connectivity index (χ1v) is 10.8. The SMILES string of the molecule is O=C(NC1CCCCC1)c1ccc(C(=O)NC2CCCCC2)c(SOO[O-])c1.[Na+]. The predicted molar refractivity (Wildman–Crippen MR) is 103 cm³/mol. The van der Waals surface area contributed by atoms with E-state index < -0.39 is 0 Å². The van der Waals surface area contributed by atoms with Gasteiger partial charge in [0.05, 0.1) is 22.5 Å². The fourth-order valence-corrected chi connectivity index (χ4v) is 4.52. The summed E-state index contributed by atoms with van der Waals surface area (Å²) in [6.07, 6.45) is 10.8. The second-order valence-electron chi connectivity index (χ2n) is 7.55. The van der Waals surface area contributed by atoms with Gasteiger partial charge in [-0.05, 0) is 43.9 Å². The van der Waals surface area contributed by atoms with Crippen molar-refractivity contribution in [3.05, 3.63) is 29.3 Å². The van der Waals surface area contributed by atoms with Crippen molar-refractivity contribution in [2.45, 2.75) is 81.2 Å². The van der Waals surface area contributed by atoms with Crippen LogP contribution in [0.15, 0.2) is 23.1 Å². The first-order chi connectivity index (χ1) is 13.7. The fourth-order valence-electron chi connectivity index (χ4n) is 4.00. The van der Waals surface area contributed by atoms with Crippen molar-refractivity contribution in [1.82, 2.24) is 10.6 Å². The van der Waals surface area contributed by atoms with Crippen LogP contribution in [-0.2, 0) is 9.37 Å². The molecule has 1 aromatic rings. The van der Waals surface area contributed by atoms with E-state index in [1.165, 1.54) is 12.8 Å². The summed E-state index contributed by atoms with van der Waals surface area (Å²) in [5.41, 5.74) is 0.790. The van der Waals surface area contributed by atoms with Gasteiger partial charge in [0, 0.05) is 17.6 Å². The van der Waals surface area contributed by atoms with Crippen LogP contribution in [0.2, 0.25) is 0 Å². The third-order valence-corrected chi connectivity index (χ3v) is 6.16. The predicted octanol–water partition coefficient (Wildman–Crippen LogP) is 0.0462. The van der Waals surface area contributed by atoms with E-state index in [4.69, 9.17) is 0 Å². The molecular weight excluding hydrogens is 403 g/mol. The van der Waals surface area contributed by atoms with Crippen molar-refractivity contribution in [2.75, 3.05) is 0 Å². The molecule has 2 amide bonds. The summed E-state index contributed by atoms with van der Waals surface area (Å²) in [6.45, 7) is 0. The average Bonchev–Trinajstić information content (AvgIpc) is 2.73. The second kappa shape index (κ2) is 12.9. The van der Waals surface area contributed by atoms with Gasteiger partial charge in [0.1, 0.15) is 0 Å². The van der Waals surface area contributed by atoms with Crippen LogP contribution in [0.4, 0.5) is 0 Å². The molecule has 7 nitrogen and oxygen atoms in total. The minimum atomic E-state index is -0.233. The third-order valence-electron chi connectivity index (χ3n) is 5.52. The molecule has 0 spiro atoms. The Kier molecular flexibility index (Phi) is 11.0. The Morgan fingerprint density at radius 1 is 0.897 bits per heavy atom. The van der Waals surface area contributed by atoms with Gasteiger partial charge in [0.15, 0.2) is 0 Å². The largest absolute Gasteiger partial charge is 1.00 e. The molecule has 0 bridgehead atoms. The molecule has 0 atom stereocenters. The number of carbonyl (C=O) groups excluding carboxylic acids is 2. The maximum Gasteiger partial charge on any atom is 1.00 e. The van der Waals surface area contributed by atoms with Crippen LogP contribution in [0.5, 0.6) is 0 Å². The summed E-state index contributed by atoms with van der Waals surface area (Å²) in [5.74, 6) is -0.417. The van der Waals surface area contributed by atoms with E-state index >= 15 is 0 Å². The van der Waals surface area contributed by atoms with Crippen LogP contribution in [0.1, 0.15) is 84.9 Å². The van der Waals surface area contributed by atoms with Crippen molar-refractivity contribution < 1.29 is 53.8 Å². The van der Waals surface area contributed by atoms with Crippen molar-refractivity contribution >= 4 is 23.9 Å². The molecule has 0 unspecified atom stereocenters. The van der Waals surface area contributed by atoms with Crippen LogP contribution in [0, 0.1) is 0 Å². The first-order valence-electron chi connectivity index (χ1n) is 10.1. The summed E-state index contributed by atoms with van der Waals surface area (Å²) in [5, 5.41) is 19.8. The normalized spacial score (nSPS) is 18.0. The standard InChI is InChI=1S/C20H28N2O5S.Na/c23-19(21-15-7-3-1-4-8-15)14-11-12-17(18(13-14)28-27-26-25)20(24)22-16-9-5-2-6-10-16;/h11-13,15-16,25H,1-10H2,(H,21,23)(H,22,24);/q;+1/p-1. The number of hydrogen-bond donors (Lipinski definition) is 2. The maximum atomic E-state index is 12.7. The number of benzene rings is 1. The van der Waals surface area contributed by atoms with E-state index in [9.17, 15) is 14.8 Å². The van der Waals surface area contributed by atoms with Gasteiger partial charge in [0.2, 0.25) is 0 Å². The summed E-state index contributed by atoms with van der Waals surface area (Å²) >= 11 is 0.639. The molecule has 9 heteroatoms. The van der Waals surface area contributed by atoms with Gasteiger partial charge in [-0.15, -0.1) is 0 Å². The summed E-state index contributed by atoms with van der Waals surface area (Å²) in [7, 11) is 0. The molecule has 1 aromatic carbocycles. The Bertz CT molecular complexity index is 679. The van der Waals surface area contributed by atoms with Crippen LogP contribution in [0.25, 0.3) is 0 Å². The minimum absolute atomic E-state index is 0. The quantitative estimate of drug-likeness (QED) is 0.274. The topological polar surface area (TPSA) is 99.7 Å². The minimum Gasteiger partial charge on any atom is -0.691 e. The molecule has 154 valence electrons. The number of hydrogen-bond acceptors (Lipinski definition) is 6. The van der Waals surface area contributed by atoms with Crippen LogP contribution in [0.3, 0.4) is 0 Å². The molecule has 2 fully saturated rings. The monoisotopic (exact) mass is 430 g/mol. The number of nitrogens with one attached hydrogen (secondary N) is 2. The van der Waals surface area contributed by atoms with E-state index in [-0.39, 0.29) is 53.5 Å². The smallest absolute Gasteiger partial charge is 0.691 e.